The van der Waals surface area contributed by atoms with Crippen LogP contribution in [0.4, 0.5) is 0 Å². The van der Waals surface area contributed by atoms with Gasteiger partial charge < -0.3 is 23.9 Å². The lowest BCUT2D eigenvalue weighted by Gasteiger charge is -2.24. The van der Waals surface area contributed by atoms with Gasteiger partial charge in [-0.3, -0.25) is 0 Å². The predicted octanol–water partition coefficient (Wildman–Crippen LogP) is 5.08. The van der Waals surface area contributed by atoms with Crippen molar-refractivity contribution in [3.05, 3.63) is 46.5 Å². The molecule has 0 saturated heterocycles. The molecule has 0 unspecified atom stereocenters. The highest BCUT2D eigenvalue weighted by atomic mass is 32.1. The molecule has 4 rings (SSSR count). The topological polar surface area (TPSA) is 69.9 Å². The highest BCUT2D eigenvalue weighted by molar-refractivity contribution is 7.13. The molecular weight excluding hydrogens is 402 g/mol. The van der Waals surface area contributed by atoms with Crippen LogP contribution in [0.3, 0.4) is 0 Å². The number of ether oxygens (including phenoxy) is 3. The minimum absolute atomic E-state index is 0.0114. The van der Waals surface area contributed by atoms with Crippen molar-refractivity contribution in [1.29, 1.82) is 0 Å². The quantitative estimate of drug-likeness (QED) is 0.569. The summed E-state index contributed by atoms with van der Waals surface area (Å²) in [6.45, 7) is 4.76. The molecule has 7 heteroatoms. The SMILES string of the molecule is COCc1c(-c2cccs2)c2n(c1C(=O)O)CCc1cc(OC)c(OC(C)C)cc1-2. The zero-order valence-electron chi connectivity index (χ0n) is 17.5. The van der Waals surface area contributed by atoms with E-state index in [-0.39, 0.29) is 12.7 Å². The van der Waals surface area contributed by atoms with E-state index in [1.807, 2.05) is 48.1 Å². The zero-order chi connectivity index (χ0) is 21.4. The van der Waals surface area contributed by atoms with Crippen molar-refractivity contribution in [2.75, 3.05) is 14.2 Å². The van der Waals surface area contributed by atoms with E-state index < -0.39 is 5.97 Å². The van der Waals surface area contributed by atoms with Crippen LogP contribution < -0.4 is 9.47 Å². The van der Waals surface area contributed by atoms with Gasteiger partial charge in [-0.05, 0) is 49.4 Å². The molecule has 1 N–H and O–H groups in total. The van der Waals surface area contributed by atoms with Crippen molar-refractivity contribution < 1.29 is 24.1 Å². The van der Waals surface area contributed by atoms with Crippen LogP contribution in [0.5, 0.6) is 11.5 Å². The average molecular weight is 428 g/mol. The fourth-order valence-corrected chi connectivity index (χ4v) is 4.96. The Morgan fingerprint density at radius 3 is 2.67 bits per heavy atom. The molecule has 1 aliphatic rings. The van der Waals surface area contributed by atoms with Crippen molar-refractivity contribution in [3.8, 4) is 33.2 Å². The Bertz CT molecular complexity index is 1080. The Kier molecular flexibility index (Phi) is 5.58. The number of fused-ring (bicyclic) bond motifs is 3. The van der Waals surface area contributed by atoms with Crippen LogP contribution >= 0.6 is 11.3 Å². The summed E-state index contributed by atoms with van der Waals surface area (Å²) in [6, 6.07) is 8.00. The zero-order valence-corrected chi connectivity index (χ0v) is 18.3. The second kappa shape index (κ2) is 8.16. The van der Waals surface area contributed by atoms with Crippen molar-refractivity contribution in [2.45, 2.75) is 39.5 Å². The number of aromatic nitrogens is 1. The summed E-state index contributed by atoms with van der Waals surface area (Å²) in [6.07, 6.45) is 0.703. The monoisotopic (exact) mass is 427 g/mol. The lowest BCUT2D eigenvalue weighted by atomic mass is 9.94. The smallest absolute Gasteiger partial charge is 0.352 e. The van der Waals surface area contributed by atoms with E-state index in [0.717, 1.165) is 27.3 Å². The van der Waals surface area contributed by atoms with Crippen molar-refractivity contribution in [1.82, 2.24) is 4.57 Å². The Balaban J connectivity index is 2.05. The Morgan fingerprint density at radius 1 is 1.27 bits per heavy atom. The standard InChI is InChI=1S/C23H25NO5S/c1-13(2)29-18-11-15-14(10-17(18)28-4)7-8-24-21(15)20(19-6-5-9-30-19)16(12-27-3)22(24)23(25)26/h5-6,9-11,13H,7-8,12H2,1-4H3,(H,25,26). The van der Waals surface area contributed by atoms with Gasteiger partial charge in [-0.1, -0.05) is 6.07 Å². The summed E-state index contributed by atoms with van der Waals surface area (Å²) in [5, 5.41) is 12.0. The lowest BCUT2D eigenvalue weighted by molar-refractivity contribution is 0.0679. The molecule has 3 aromatic rings. The van der Waals surface area contributed by atoms with Gasteiger partial charge in [-0.15, -0.1) is 11.3 Å². The van der Waals surface area contributed by atoms with Crippen LogP contribution in [0.15, 0.2) is 29.6 Å². The average Bonchev–Trinajstić information content (AvgIpc) is 3.32. The number of thiophene rings is 1. The molecule has 1 aromatic carbocycles. The number of carboxylic acids is 1. The van der Waals surface area contributed by atoms with E-state index in [2.05, 4.69) is 0 Å². The van der Waals surface area contributed by atoms with Gasteiger partial charge in [0, 0.05) is 35.2 Å². The Labute approximate surface area is 179 Å². The molecule has 158 valence electrons. The highest BCUT2D eigenvalue weighted by Gasteiger charge is 2.32. The van der Waals surface area contributed by atoms with E-state index in [1.54, 1.807) is 25.6 Å². The molecule has 0 atom stereocenters. The van der Waals surface area contributed by atoms with Gasteiger partial charge in [0.15, 0.2) is 11.5 Å². The molecule has 0 aliphatic carbocycles. The minimum atomic E-state index is -0.943. The first-order valence-electron chi connectivity index (χ1n) is 9.85. The third kappa shape index (κ3) is 3.38. The third-order valence-corrected chi connectivity index (χ3v) is 6.12. The van der Waals surface area contributed by atoms with E-state index in [0.29, 0.717) is 35.7 Å². The number of carboxylic acid groups (broad SMARTS) is 1. The summed E-state index contributed by atoms with van der Waals surface area (Å²) in [5.74, 6) is 0.403. The van der Waals surface area contributed by atoms with E-state index >= 15 is 0 Å². The van der Waals surface area contributed by atoms with Crippen LogP contribution in [0.2, 0.25) is 0 Å². The number of methoxy groups -OCH3 is 2. The molecule has 0 bridgehead atoms. The second-order valence-corrected chi connectivity index (χ2v) is 8.44. The Morgan fingerprint density at radius 2 is 2.07 bits per heavy atom. The molecular formula is C23H25NO5S. The van der Waals surface area contributed by atoms with E-state index in [4.69, 9.17) is 14.2 Å². The number of carbonyl (C=O) groups is 1. The summed E-state index contributed by atoms with van der Waals surface area (Å²) in [5.41, 5.74) is 4.92. The maximum atomic E-state index is 12.3. The molecule has 6 nitrogen and oxygen atoms in total. The maximum Gasteiger partial charge on any atom is 0.352 e. The van der Waals surface area contributed by atoms with Gasteiger partial charge >= 0.3 is 5.97 Å². The highest BCUT2D eigenvalue weighted by Crippen LogP contribution is 2.47. The van der Waals surface area contributed by atoms with Crippen molar-refractivity contribution in [2.24, 2.45) is 0 Å². The van der Waals surface area contributed by atoms with Gasteiger partial charge in [0.05, 0.1) is 25.5 Å². The van der Waals surface area contributed by atoms with Crippen LogP contribution in [0.25, 0.3) is 21.7 Å². The van der Waals surface area contributed by atoms with Gasteiger partial charge in [0.1, 0.15) is 5.69 Å². The number of nitrogens with zero attached hydrogens (tertiary/aromatic N) is 1. The molecule has 1 aliphatic heterocycles. The third-order valence-electron chi connectivity index (χ3n) is 5.24. The van der Waals surface area contributed by atoms with Crippen LogP contribution in [-0.2, 0) is 24.3 Å². The first-order valence-corrected chi connectivity index (χ1v) is 10.7. The molecule has 0 saturated carbocycles. The number of aromatic carboxylic acids is 1. The van der Waals surface area contributed by atoms with Crippen molar-refractivity contribution >= 4 is 17.3 Å². The van der Waals surface area contributed by atoms with E-state index in [1.165, 1.54) is 0 Å². The number of hydrogen-bond acceptors (Lipinski definition) is 5. The summed E-state index contributed by atoms with van der Waals surface area (Å²) in [4.78, 5) is 13.3. The van der Waals surface area contributed by atoms with Crippen LogP contribution in [0.1, 0.15) is 35.5 Å². The molecule has 0 fully saturated rings. The second-order valence-electron chi connectivity index (χ2n) is 7.49. The fourth-order valence-electron chi connectivity index (χ4n) is 4.16. The maximum absolute atomic E-state index is 12.3. The fraction of sp³-hybridized carbons (Fsp3) is 0.348. The largest absolute Gasteiger partial charge is 0.493 e. The number of hydrogen-bond donors (Lipinski definition) is 1. The number of aryl methyl sites for hydroxylation is 1. The lowest BCUT2D eigenvalue weighted by Crippen LogP contribution is -2.17. The number of rotatable bonds is 7. The normalized spacial score (nSPS) is 12.6. The minimum Gasteiger partial charge on any atom is -0.493 e. The summed E-state index contributed by atoms with van der Waals surface area (Å²) in [7, 11) is 3.23. The first kappa shape index (κ1) is 20.5. The summed E-state index contributed by atoms with van der Waals surface area (Å²) >= 11 is 1.59. The molecule has 0 radical (unpaired) electrons. The first-order chi connectivity index (χ1) is 14.5. The van der Waals surface area contributed by atoms with Gasteiger partial charge in [0.25, 0.3) is 0 Å². The molecule has 0 spiro atoms. The number of benzene rings is 1. The van der Waals surface area contributed by atoms with Crippen LogP contribution in [-0.4, -0.2) is 36.0 Å². The Hall–Kier alpha value is -2.77. The molecule has 3 heterocycles. The molecule has 2 aromatic heterocycles. The van der Waals surface area contributed by atoms with Crippen LogP contribution in [0, 0.1) is 0 Å². The van der Waals surface area contributed by atoms with Gasteiger partial charge in [0.2, 0.25) is 0 Å². The predicted molar refractivity (Wildman–Crippen MR) is 117 cm³/mol. The van der Waals surface area contributed by atoms with Gasteiger partial charge in [-0.2, -0.15) is 0 Å². The van der Waals surface area contributed by atoms with Gasteiger partial charge in [-0.25, -0.2) is 4.79 Å². The summed E-state index contributed by atoms with van der Waals surface area (Å²) < 4.78 is 18.9. The van der Waals surface area contributed by atoms with Crippen molar-refractivity contribution in [3.63, 3.8) is 0 Å². The van der Waals surface area contributed by atoms with E-state index in [9.17, 15) is 9.90 Å². The molecule has 30 heavy (non-hydrogen) atoms. The molecule has 0 amide bonds.